The van der Waals surface area contributed by atoms with E-state index in [-0.39, 0.29) is 0 Å². The second-order valence-corrected chi connectivity index (χ2v) is 6.17. The van der Waals surface area contributed by atoms with E-state index in [0.29, 0.717) is 24.6 Å². The van der Waals surface area contributed by atoms with Gasteiger partial charge in [-0.15, -0.1) is 0 Å². The first-order valence-corrected chi connectivity index (χ1v) is 7.63. The summed E-state index contributed by atoms with van der Waals surface area (Å²) in [5, 5.41) is 3.60. The van der Waals surface area contributed by atoms with Crippen molar-refractivity contribution in [2.45, 2.75) is 39.0 Å². The summed E-state index contributed by atoms with van der Waals surface area (Å²) in [4.78, 5) is 2.49. The summed E-state index contributed by atoms with van der Waals surface area (Å²) in [6, 6.07) is 9.77. The van der Waals surface area contributed by atoms with Gasteiger partial charge in [-0.05, 0) is 37.1 Å². The van der Waals surface area contributed by atoms with E-state index in [1.807, 2.05) is 0 Å². The van der Waals surface area contributed by atoms with Crippen LogP contribution < -0.4 is 5.32 Å². The Balaban J connectivity index is 2.19. The molecule has 1 aromatic rings. The van der Waals surface area contributed by atoms with E-state index in [0.717, 1.165) is 6.54 Å². The lowest BCUT2D eigenvalue weighted by atomic mass is 9.90. The van der Waals surface area contributed by atoms with E-state index < -0.39 is 0 Å². The van der Waals surface area contributed by atoms with E-state index in [9.17, 15) is 0 Å². The molecule has 1 fully saturated rings. The third-order valence-corrected chi connectivity index (χ3v) is 4.24. The van der Waals surface area contributed by atoms with Crippen LogP contribution in [-0.2, 0) is 11.3 Å². The van der Waals surface area contributed by atoms with Gasteiger partial charge in [0.2, 0.25) is 0 Å². The van der Waals surface area contributed by atoms with Gasteiger partial charge in [-0.3, -0.25) is 4.90 Å². The summed E-state index contributed by atoms with van der Waals surface area (Å²) in [6.45, 7) is 7.40. The SMILES string of the molecule is COCc1ccccc1C1C(CNC(C)C)CCN1C. The molecule has 0 aromatic heterocycles. The molecular formula is C17H28N2O. The fraction of sp³-hybridized carbons (Fsp3) is 0.647. The molecule has 2 unspecified atom stereocenters. The van der Waals surface area contributed by atoms with Crippen LogP contribution >= 0.6 is 0 Å². The van der Waals surface area contributed by atoms with Gasteiger partial charge in [0.15, 0.2) is 0 Å². The number of hydrogen-bond donors (Lipinski definition) is 1. The molecular weight excluding hydrogens is 248 g/mol. The number of nitrogens with zero attached hydrogens (tertiary/aromatic N) is 1. The zero-order valence-electron chi connectivity index (χ0n) is 13.2. The Kier molecular flexibility index (Phi) is 5.58. The van der Waals surface area contributed by atoms with Gasteiger partial charge >= 0.3 is 0 Å². The molecule has 0 radical (unpaired) electrons. The molecule has 3 heteroatoms. The molecule has 1 saturated heterocycles. The van der Waals surface area contributed by atoms with Gasteiger partial charge < -0.3 is 10.1 Å². The average Bonchev–Trinajstić information content (AvgIpc) is 2.79. The quantitative estimate of drug-likeness (QED) is 0.864. The van der Waals surface area contributed by atoms with Gasteiger partial charge in [0.1, 0.15) is 0 Å². The molecule has 0 bridgehead atoms. The fourth-order valence-corrected chi connectivity index (χ4v) is 3.23. The molecule has 0 spiro atoms. The zero-order chi connectivity index (χ0) is 14.5. The van der Waals surface area contributed by atoms with Crippen LogP contribution in [0.4, 0.5) is 0 Å². The number of likely N-dealkylation sites (tertiary alicyclic amines) is 1. The van der Waals surface area contributed by atoms with Crippen LogP contribution in [0.1, 0.15) is 37.4 Å². The Labute approximate surface area is 123 Å². The minimum atomic E-state index is 0.507. The molecule has 112 valence electrons. The van der Waals surface area contributed by atoms with Crippen molar-refractivity contribution >= 4 is 0 Å². The minimum absolute atomic E-state index is 0.507. The highest BCUT2D eigenvalue weighted by Gasteiger charge is 2.33. The molecule has 3 nitrogen and oxygen atoms in total. The van der Waals surface area contributed by atoms with Crippen LogP contribution in [0, 0.1) is 5.92 Å². The molecule has 0 saturated carbocycles. The van der Waals surface area contributed by atoms with E-state index in [2.05, 4.69) is 55.4 Å². The Morgan fingerprint density at radius 1 is 1.35 bits per heavy atom. The molecule has 0 amide bonds. The molecule has 1 aliphatic rings. The Morgan fingerprint density at radius 3 is 2.80 bits per heavy atom. The Hall–Kier alpha value is -0.900. The minimum Gasteiger partial charge on any atom is -0.380 e. The summed E-state index contributed by atoms with van der Waals surface area (Å²) in [6.07, 6.45) is 1.27. The predicted octanol–water partition coefficient (Wildman–Crippen LogP) is 2.82. The van der Waals surface area contributed by atoms with Crippen molar-refractivity contribution in [3.8, 4) is 0 Å². The van der Waals surface area contributed by atoms with Crippen LogP contribution in [0.15, 0.2) is 24.3 Å². The van der Waals surface area contributed by atoms with Crippen molar-refractivity contribution in [2.75, 3.05) is 27.2 Å². The van der Waals surface area contributed by atoms with Crippen molar-refractivity contribution in [1.29, 1.82) is 0 Å². The summed E-state index contributed by atoms with van der Waals surface area (Å²) in [7, 11) is 4.01. The molecule has 1 aliphatic heterocycles. The maximum atomic E-state index is 5.36. The molecule has 0 aliphatic carbocycles. The second-order valence-electron chi connectivity index (χ2n) is 6.17. The molecule has 2 atom stereocenters. The molecule has 1 N–H and O–H groups in total. The smallest absolute Gasteiger partial charge is 0.0716 e. The van der Waals surface area contributed by atoms with E-state index in [1.165, 1.54) is 24.1 Å². The summed E-state index contributed by atoms with van der Waals surface area (Å²) in [5.41, 5.74) is 2.76. The first-order chi connectivity index (χ1) is 9.63. The number of ether oxygens (including phenoxy) is 1. The Morgan fingerprint density at radius 2 is 2.10 bits per heavy atom. The maximum Gasteiger partial charge on any atom is 0.0716 e. The predicted molar refractivity (Wildman–Crippen MR) is 83.8 cm³/mol. The standard InChI is InChI=1S/C17H28N2O/c1-13(2)18-11-14-9-10-19(3)17(14)16-8-6-5-7-15(16)12-20-4/h5-8,13-14,17-18H,9-12H2,1-4H3. The average molecular weight is 276 g/mol. The number of methoxy groups -OCH3 is 1. The van der Waals surface area contributed by atoms with Crippen molar-refractivity contribution in [2.24, 2.45) is 5.92 Å². The van der Waals surface area contributed by atoms with Crippen LogP contribution in [0.3, 0.4) is 0 Å². The summed E-state index contributed by atoms with van der Waals surface area (Å²) >= 11 is 0. The van der Waals surface area contributed by atoms with Crippen LogP contribution in [0.25, 0.3) is 0 Å². The lowest BCUT2D eigenvalue weighted by Crippen LogP contribution is -2.32. The highest BCUT2D eigenvalue weighted by molar-refractivity contribution is 5.31. The first-order valence-electron chi connectivity index (χ1n) is 7.63. The van der Waals surface area contributed by atoms with Crippen LogP contribution in [0.5, 0.6) is 0 Å². The molecule has 2 rings (SSSR count). The van der Waals surface area contributed by atoms with Crippen LogP contribution in [0.2, 0.25) is 0 Å². The van der Waals surface area contributed by atoms with Gasteiger partial charge in [-0.25, -0.2) is 0 Å². The van der Waals surface area contributed by atoms with Crippen molar-refractivity contribution in [3.05, 3.63) is 35.4 Å². The largest absolute Gasteiger partial charge is 0.380 e. The molecule has 20 heavy (non-hydrogen) atoms. The summed E-state index contributed by atoms with van der Waals surface area (Å²) in [5.74, 6) is 0.681. The topological polar surface area (TPSA) is 24.5 Å². The van der Waals surface area contributed by atoms with Crippen molar-refractivity contribution < 1.29 is 4.74 Å². The highest BCUT2D eigenvalue weighted by atomic mass is 16.5. The van der Waals surface area contributed by atoms with Gasteiger partial charge in [-0.1, -0.05) is 38.1 Å². The number of rotatable bonds is 6. The number of benzene rings is 1. The summed E-state index contributed by atoms with van der Waals surface area (Å²) < 4.78 is 5.36. The monoisotopic (exact) mass is 276 g/mol. The van der Waals surface area contributed by atoms with E-state index in [4.69, 9.17) is 4.74 Å². The van der Waals surface area contributed by atoms with E-state index in [1.54, 1.807) is 7.11 Å². The first kappa shape index (κ1) is 15.5. The maximum absolute atomic E-state index is 5.36. The second kappa shape index (κ2) is 7.21. The van der Waals surface area contributed by atoms with Crippen molar-refractivity contribution in [3.63, 3.8) is 0 Å². The molecule has 1 aromatic carbocycles. The van der Waals surface area contributed by atoms with Gasteiger partial charge in [0.05, 0.1) is 6.61 Å². The highest BCUT2D eigenvalue weighted by Crippen LogP contribution is 2.37. The number of hydrogen-bond acceptors (Lipinski definition) is 3. The lowest BCUT2D eigenvalue weighted by Gasteiger charge is -2.28. The fourth-order valence-electron chi connectivity index (χ4n) is 3.23. The van der Waals surface area contributed by atoms with Gasteiger partial charge in [0.25, 0.3) is 0 Å². The van der Waals surface area contributed by atoms with Gasteiger partial charge in [-0.2, -0.15) is 0 Å². The third kappa shape index (κ3) is 3.60. The Bertz CT molecular complexity index is 419. The lowest BCUT2D eigenvalue weighted by molar-refractivity contribution is 0.180. The van der Waals surface area contributed by atoms with Crippen molar-refractivity contribution in [1.82, 2.24) is 10.2 Å². The zero-order valence-corrected chi connectivity index (χ0v) is 13.2. The van der Waals surface area contributed by atoms with Gasteiger partial charge in [0, 0.05) is 25.7 Å². The normalized spacial score (nSPS) is 23.6. The third-order valence-electron chi connectivity index (χ3n) is 4.24. The number of nitrogens with one attached hydrogen (secondary N) is 1. The van der Waals surface area contributed by atoms with E-state index >= 15 is 0 Å². The van der Waals surface area contributed by atoms with Crippen LogP contribution in [-0.4, -0.2) is 38.2 Å². The molecule has 1 heterocycles.